The number of aryl methyl sites for hydroxylation is 1. The summed E-state index contributed by atoms with van der Waals surface area (Å²) in [6.07, 6.45) is 2.81. The van der Waals surface area contributed by atoms with Crippen LogP contribution in [0.3, 0.4) is 0 Å². The number of hydrogen-bond donors (Lipinski definition) is 1. The van der Waals surface area contributed by atoms with Crippen molar-refractivity contribution in [2.24, 2.45) is 0 Å². The second-order valence-corrected chi connectivity index (χ2v) is 7.94. The zero-order valence-corrected chi connectivity index (χ0v) is 13.5. The Morgan fingerprint density at radius 2 is 2.14 bits per heavy atom. The number of benzene rings is 1. The maximum absolute atomic E-state index is 12.9. The third-order valence-electron chi connectivity index (χ3n) is 4.29. The van der Waals surface area contributed by atoms with Crippen molar-refractivity contribution in [3.05, 3.63) is 22.7 Å². The molecule has 0 spiro atoms. The lowest BCUT2D eigenvalue weighted by molar-refractivity contribution is -0.0241. The molecule has 2 N–H and O–H groups in total. The fourth-order valence-electron chi connectivity index (χ4n) is 3.24. The van der Waals surface area contributed by atoms with Crippen molar-refractivity contribution in [1.29, 1.82) is 0 Å². The van der Waals surface area contributed by atoms with E-state index >= 15 is 0 Å². The summed E-state index contributed by atoms with van der Waals surface area (Å²) in [5.74, 6) is 0. The smallest absolute Gasteiger partial charge is 0.243 e. The van der Waals surface area contributed by atoms with Gasteiger partial charge in [-0.2, -0.15) is 4.31 Å². The number of anilines is 1. The molecule has 116 valence electrons. The van der Waals surface area contributed by atoms with E-state index in [-0.39, 0.29) is 17.0 Å². The first-order chi connectivity index (χ1) is 9.91. The number of halogens is 1. The van der Waals surface area contributed by atoms with Crippen LogP contribution in [0.2, 0.25) is 5.02 Å². The molecule has 7 heteroatoms. The van der Waals surface area contributed by atoms with Crippen LogP contribution in [0.5, 0.6) is 0 Å². The molecule has 0 amide bonds. The Morgan fingerprint density at radius 1 is 1.38 bits per heavy atom. The van der Waals surface area contributed by atoms with Crippen molar-refractivity contribution in [3.8, 4) is 0 Å². The number of morpholine rings is 1. The third-order valence-corrected chi connectivity index (χ3v) is 6.71. The van der Waals surface area contributed by atoms with Gasteiger partial charge in [-0.1, -0.05) is 11.6 Å². The molecule has 1 aliphatic carbocycles. The van der Waals surface area contributed by atoms with Gasteiger partial charge in [-0.05, 0) is 43.9 Å². The monoisotopic (exact) mass is 330 g/mol. The number of nitrogens with two attached hydrogens (primary N) is 1. The Balaban J connectivity index is 2.00. The first kappa shape index (κ1) is 15.1. The summed E-state index contributed by atoms with van der Waals surface area (Å²) in [6, 6.07) is 2.98. The van der Waals surface area contributed by atoms with E-state index in [0.29, 0.717) is 29.4 Å². The van der Waals surface area contributed by atoms with Gasteiger partial charge in [-0.25, -0.2) is 8.42 Å². The van der Waals surface area contributed by atoms with Crippen LogP contribution in [0.15, 0.2) is 17.0 Å². The Hall–Kier alpha value is -0.820. The Morgan fingerprint density at radius 3 is 2.86 bits per heavy atom. The van der Waals surface area contributed by atoms with Crippen molar-refractivity contribution >= 4 is 27.3 Å². The number of fused-ring (bicyclic) bond motifs is 1. The van der Waals surface area contributed by atoms with Gasteiger partial charge in [0.15, 0.2) is 0 Å². The highest BCUT2D eigenvalue weighted by Crippen LogP contribution is 2.35. The number of sulfonamides is 1. The summed E-state index contributed by atoms with van der Waals surface area (Å²) in [6.45, 7) is 2.60. The molecule has 1 heterocycles. The molecular weight excluding hydrogens is 312 g/mol. The average Bonchev–Trinajstić information content (AvgIpc) is 2.92. The van der Waals surface area contributed by atoms with Gasteiger partial charge in [0.2, 0.25) is 10.0 Å². The highest BCUT2D eigenvalue weighted by molar-refractivity contribution is 7.89. The van der Waals surface area contributed by atoms with E-state index in [1.54, 1.807) is 17.3 Å². The lowest BCUT2D eigenvalue weighted by Gasteiger charge is -2.36. The number of hydrogen-bond acceptors (Lipinski definition) is 4. The van der Waals surface area contributed by atoms with Gasteiger partial charge in [0.25, 0.3) is 0 Å². The Labute approximate surface area is 130 Å². The molecule has 1 aromatic carbocycles. The second-order valence-electron chi connectivity index (χ2n) is 5.67. The highest BCUT2D eigenvalue weighted by atomic mass is 35.5. The largest absolute Gasteiger partial charge is 0.397 e. The van der Waals surface area contributed by atoms with Gasteiger partial charge in [0.1, 0.15) is 0 Å². The van der Waals surface area contributed by atoms with Gasteiger partial charge in [0.05, 0.1) is 34.4 Å². The fraction of sp³-hybridized carbons (Fsp3) is 0.571. The predicted octanol–water partition coefficient (Wildman–Crippen LogP) is 2.17. The first-order valence-electron chi connectivity index (χ1n) is 7.10. The number of ether oxygens (including phenoxy) is 1. The highest BCUT2D eigenvalue weighted by Gasteiger charge is 2.42. The van der Waals surface area contributed by atoms with Gasteiger partial charge in [-0.15, -0.1) is 0 Å². The summed E-state index contributed by atoms with van der Waals surface area (Å²) in [4.78, 5) is 0.217. The second kappa shape index (κ2) is 5.43. The van der Waals surface area contributed by atoms with Crippen LogP contribution in [0.25, 0.3) is 0 Å². The van der Waals surface area contributed by atoms with E-state index < -0.39 is 10.0 Å². The Bertz CT molecular complexity index is 639. The standard InChI is InChI=1S/C14H19ClN2O3S/c1-9-7-10(8-11(16)14(9)15)21(18,19)17-5-6-20-13-4-2-3-12(13)17/h7-8,12-13H,2-6,16H2,1H3. The van der Waals surface area contributed by atoms with Crippen molar-refractivity contribution in [2.75, 3.05) is 18.9 Å². The molecule has 0 aromatic heterocycles. The number of rotatable bonds is 2. The van der Waals surface area contributed by atoms with Gasteiger partial charge in [-0.3, -0.25) is 0 Å². The molecule has 3 rings (SSSR count). The molecule has 2 aliphatic rings. The van der Waals surface area contributed by atoms with E-state index in [0.717, 1.165) is 19.3 Å². The fourth-order valence-corrected chi connectivity index (χ4v) is 5.13. The van der Waals surface area contributed by atoms with Crippen LogP contribution in [0.4, 0.5) is 5.69 Å². The molecule has 2 fully saturated rings. The van der Waals surface area contributed by atoms with Crippen LogP contribution in [-0.4, -0.2) is 38.0 Å². The van der Waals surface area contributed by atoms with E-state index in [4.69, 9.17) is 22.1 Å². The van der Waals surface area contributed by atoms with Gasteiger partial charge < -0.3 is 10.5 Å². The first-order valence-corrected chi connectivity index (χ1v) is 8.92. The average molecular weight is 331 g/mol. The number of nitrogens with zero attached hydrogens (tertiary/aromatic N) is 1. The van der Waals surface area contributed by atoms with E-state index in [1.807, 2.05) is 0 Å². The summed E-state index contributed by atoms with van der Waals surface area (Å²) < 4.78 is 33.1. The summed E-state index contributed by atoms with van der Waals surface area (Å²) in [5.41, 5.74) is 6.79. The van der Waals surface area contributed by atoms with E-state index in [1.165, 1.54) is 6.07 Å². The molecule has 21 heavy (non-hydrogen) atoms. The lowest BCUT2D eigenvalue weighted by Crippen LogP contribution is -2.51. The van der Waals surface area contributed by atoms with Crippen molar-refractivity contribution in [2.45, 2.75) is 43.2 Å². The van der Waals surface area contributed by atoms with Crippen LogP contribution in [-0.2, 0) is 14.8 Å². The topological polar surface area (TPSA) is 72.6 Å². The van der Waals surface area contributed by atoms with E-state index in [2.05, 4.69) is 0 Å². The van der Waals surface area contributed by atoms with Crippen molar-refractivity contribution in [1.82, 2.24) is 4.31 Å². The zero-order chi connectivity index (χ0) is 15.2. The molecule has 1 saturated carbocycles. The van der Waals surface area contributed by atoms with Crippen molar-refractivity contribution in [3.63, 3.8) is 0 Å². The molecule has 1 saturated heterocycles. The SMILES string of the molecule is Cc1cc(S(=O)(=O)N2CCOC3CCCC32)cc(N)c1Cl. The predicted molar refractivity (Wildman–Crippen MR) is 81.9 cm³/mol. The minimum atomic E-state index is -3.56. The van der Waals surface area contributed by atoms with Gasteiger partial charge >= 0.3 is 0 Å². The van der Waals surface area contributed by atoms with Crippen LogP contribution in [0, 0.1) is 6.92 Å². The summed E-state index contributed by atoms with van der Waals surface area (Å²) >= 11 is 6.02. The van der Waals surface area contributed by atoms with Crippen LogP contribution >= 0.6 is 11.6 Å². The lowest BCUT2D eigenvalue weighted by atomic mass is 10.2. The molecule has 5 nitrogen and oxygen atoms in total. The molecule has 2 unspecified atom stereocenters. The maximum Gasteiger partial charge on any atom is 0.243 e. The molecule has 1 aromatic rings. The molecule has 0 bridgehead atoms. The molecular formula is C14H19ClN2O3S. The number of nitrogen functional groups attached to an aromatic ring is 1. The maximum atomic E-state index is 12.9. The summed E-state index contributed by atoms with van der Waals surface area (Å²) in [7, 11) is -3.56. The van der Waals surface area contributed by atoms with E-state index in [9.17, 15) is 8.42 Å². The van der Waals surface area contributed by atoms with Crippen LogP contribution < -0.4 is 5.73 Å². The minimum Gasteiger partial charge on any atom is -0.397 e. The molecule has 1 aliphatic heterocycles. The molecule has 0 radical (unpaired) electrons. The summed E-state index contributed by atoms with van der Waals surface area (Å²) in [5, 5.41) is 0.412. The van der Waals surface area contributed by atoms with Crippen LogP contribution in [0.1, 0.15) is 24.8 Å². The van der Waals surface area contributed by atoms with Gasteiger partial charge in [0, 0.05) is 6.54 Å². The third kappa shape index (κ3) is 2.54. The van der Waals surface area contributed by atoms with Crippen molar-refractivity contribution < 1.29 is 13.2 Å². The normalized spacial score (nSPS) is 26.8. The Kier molecular flexibility index (Phi) is 3.90. The minimum absolute atomic E-state index is 0.0271. The quantitative estimate of drug-likeness (QED) is 0.843. The molecule has 2 atom stereocenters. The zero-order valence-electron chi connectivity index (χ0n) is 11.9.